The zero-order valence-corrected chi connectivity index (χ0v) is 10.7. The third-order valence-electron chi connectivity index (χ3n) is 2.68. The van der Waals surface area contributed by atoms with Gasteiger partial charge in [-0.15, -0.1) is 12.3 Å². The predicted molar refractivity (Wildman–Crippen MR) is 70.9 cm³/mol. The van der Waals surface area contributed by atoms with Crippen molar-refractivity contribution in [1.82, 2.24) is 5.32 Å². The van der Waals surface area contributed by atoms with Crippen LogP contribution in [0.5, 0.6) is 0 Å². The van der Waals surface area contributed by atoms with Crippen LogP contribution in [0, 0.1) is 26.2 Å². The van der Waals surface area contributed by atoms with E-state index in [1.54, 1.807) is 0 Å². The molecule has 0 aliphatic heterocycles. The second-order valence-corrected chi connectivity index (χ2v) is 4.36. The minimum atomic E-state index is -0.0427. The van der Waals surface area contributed by atoms with Crippen LogP contribution in [0.4, 0.5) is 0 Å². The number of carbonyl (C=O) groups is 1. The van der Waals surface area contributed by atoms with Crippen molar-refractivity contribution in [2.75, 3.05) is 0 Å². The van der Waals surface area contributed by atoms with E-state index in [1.165, 1.54) is 0 Å². The number of aryl methyl sites for hydroxylation is 2. The van der Waals surface area contributed by atoms with E-state index in [1.807, 2.05) is 32.9 Å². The Labute approximate surface area is 103 Å². The quantitative estimate of drug-likeness (QED) is 0.790. The van der Waals surface area contributed by atoms with Crippen molar-refractivity contribution in [1.29, 1.82) is 0 Å². The standard InChI is InChI=1S/C15H19NO/c1-5-7-14(6-2)16-15(17)13-9-11(3)8-12(4)10-13/h1,8-10,14H,6-7H2,2-4H3,(H,16,17). The lowest BCUT2D eigenvalue weighted by Gasteiger charge is -2.14. The maximum atomic E-state index is 12.0. The molecule has 0 saturated heterocycles. The summed E-state index contributed by atoms with van der Waals surface area (Å²) >= 11 is 0. The van der Waals surface area contributed by atoms with E-state index in [0.717, 1.165) is 17.5 Å². The molecule has 0 heterocycles. The Morgan fingerprint density at radius 3 is 2.41 bits per heavy atom. The molecule has 1 aromatic rings. The van der Waals surface area contributed by atoms with Gasteiger partial charge in [0.25, 0.3) is 5.91 Å². The Bertz CT molecular complexity index is 422. The Morgan fingerprint density at radius 2 is 1.94 bits per heavy atom. The molecule has 1 aromatic carbocycles. The highest BCUT2D eigenvalue weighted by molar-refractivity contribution is 5.94. The highest BCUT2D eigenvalue weighted by atomic mass is 16.1. The lowest BCUT2D eigenvalue weighted by atomic mass is 10.1. The molecule has 1 rings (SSSR count). The molecular weight excluding hydrogens is 210 g/mol. The van der Waals surface area contributed by atoms with Gasteiger partial charge < -0.3 is 5.32 Å². The van der Waals surface area contributed by atoms with Gasteiger partial charge in [0.1, 0.15) is 0 Å². The summed E-state index contributed by atoms with van der Waals surface area (Å²) in [5.41, 5.74) is 2.90. The molecule has 17 heavy (non-hydrogen) atoms. The first-order valence-corrected chi connectivity index (χ1v) is 5.89. The van der Waals surface area contributed by atoms with Crippen molar-refractivity contribution in [3.05, 3.63) is 34.9 Å². The molecule has 0 radical (unpaired) electrons. The van der Waals surface area contributed by atoms with E-state index in [0.29, 0.717) is 12.0 Å². The summed E-state index contributed by atoms with van der Waals surface area (Å²) in [5.74, 6) is 2.54. The number of amides is 1. The normalized spacial score (nSPS) is 11.6. The fourth-order valence-corrected chi connectivity index (χ4v) is 1.81. The summed E-state index contributed by atoms with van der Waals surface area (Å²) in [6, 6.07) is 5.90. The molecule has 90 valence electrons. The fourth-order valence-electron chi connectivity index (χ4n) is 1.81. The van der Waals surface area contributed by atoms with Crippen LogP contribution in [-0.2, 0) is 0 Å². The second-order valence-electron chi connectivity index (χ2n) is 4.36. The molecule has 1 N–H and O–H groups in total. The highest BCUT2D eigenvalue weighted by Gasteiger charge is 2.11. The monoisotopic (exact) mass is 229 g/mol. The van der Waals surface area contributed by atoms with Gasteiger partial charge in [0.05, 0.1) is 0 Å². The SMILES string of the molecule is C#CCC(CC)NC(=O)c1cc(C)cc(C)c1. The second kappa shape index (κ2) is 6.10. The zero-order chi connectivity index (χ0) is 12.8. The van der Waals surface area contributed by atoms with Gasteiger partial charge in [0.15, 0.2) is 0 Å². The van der Waals surface area contributed by atoms with Gasteiger partial charge in [-0.05, 0) is 32.4 Å². The Balaban J connectivity index is 2.79. The first-order valence-electron chi connectivity index (χ1n) is 5.89. The van der Waals surface area contributed by atoms with Gasteiger partial charge in [-0.1, -0.05) is 24.1 Å². The van der Waals surface area contributed by atoms with Crippen LogP contribution < -0.4 is 5.32 Å². The van der Waals surface area contributed by atoms with Crippen molar-refractivity contribution in [2.24, 2.45) is 0 Å². The number of terminal acetylenes is 1. The van der Waals surface area contributed by atoms with E-state index in [4.69, 9.17) is 6.42 Å². The molecule has 2 nitrogen and oxygen atoms in total. The highest BCUT2D eigenvalue weighted by Crippen LogP contribution is 2.09. The molecule has 0 fully saturated rings. The summed E-state index contributed by atoms with van der Waals surface area (Å²) in [7, 11) is 0. The van der Waals surface area contributed by atoms with Crippen LogP contribution in [0.3, 0.4) is 0 Å². The number of benzene rings is 1. The lowest BCUT2D eigenvalue weighted by molar-refractivity contribution is 0.0936. The van der Waals surface area contributed by atoms with Crippen molar-refractivity contribution in [3.63, 3.8) is 0 Å². The molecule has 1 amide bonds. The molecule has 0 aliphatic carbocycles. The summed E-state index contributed by atoms with van der Waals surface area (Å²) in [6.45, 7) is 5.99. The van der Waals surface area contributed by atoms with Crippen LogP contribution in [0.25, 0.3) is 0 Å². The van der Waals surface area contributed by atoms with Crippen molar-refractivity contribution >= 4 is 5.91 Å². The van der Waals surface area contributed by atoms with Gasteiger partial charge in [0.2, 0.25) is 0 Å². The summed E-state index contributed by atoms with van der Waals surface area (Å²) < 4.78 is 0. The van der Waals surface area contributed by atoms with Gasteiger partial charge >= 0.3 is 0 Å². The van der Waals surface area contributed by atoms with Crippen molar-refractivity contribution in [3.8, 4) is 12.3 Å². The van der Waals surface area contributed by atoms with E-state index in [9.17, 15) is 4.79 Å². The number of nitrogens with one attached hydrogen (secondary N) is 1. The van der Waals surface area contributed by atoms with Gasteiger partial charge in [-0.3, -0.25) is 4.79 Å². The molecular formula is C15H19NO. The van der Waals surface area contributed by atoms with Gasteiger partial charge in [0, 0.05) is 18.0 Å². The third-order valence-corrected chi connectivity index (χ3v) is 2.68. The molecule has 0 aliphatic rings. The number of hydrogen-bond acceptors (Lipinski definition) is 1. The van der Waals surface area contributed by atoms with Crippen molar-refractivity contribution in [2.45, 2.75) is 39.7 Å². The molecule has 1 atom stereocenters. The predicted octanol–water partition coefficient (Wildman–Crippen LogP) is 2.84. The first-order chi connectivity index (χ1) is 8.06. The van der Waals surface area contributed by atoms with Gasteiger partial charge in [-0.25, -0.2) is 0 Å². The topological polar surface area (TPSA) is 29.1 Å². The molecule has 1 unspecified atom stereocenters. The Morgan fingerprint density at radius 1 is 1.35 bits per heavy atom. The van der Waals surface area contributed by atoms with Crippen molar-refractivity contribution < 1.29 is 4.79 Å². The van der Waals surface area contributed by atoms with E-state index in [-0.39, 0.29) is 11.9 Å². The lowest BCUT2D eigenvalue weighted by Crippen LogP contribution is -2.34. The largest absolute Gasteiger partial charge is 0.348 e. The number of carbonyl (C=O) groups excluding carboxylic acids is 1. The summed E-state index contributed by atoms with van der Waals surface area (Å²) in [4.78, 5) is 12.0. The van der Waals surface area contributed by atoms with E-state index < -0.39 is 0 Å². The van der Waals surface area contributed by atoms with Crippen LogP contribution >= 0.6 is 0 Å². The maximum Gasteiger partial charge on any atom is 0.251 e. The summed E-state index contributed by atoms with van der Waals surface area (Å²) in [6.07, 6.45) is 6.69. The van der Waals surface area contributed by atoms with E-state index in [2.05, 4.69) is 17.3 Å². The minimum Gasteiger partial charge on any atom is -0.348 e. The van der Waals surface area contributed by atoms with Crippen LogP contribution in [0.1, 0.15) is 41.3 Å². The molecule has 0 bridgehead atoms. The smallest absolute Gasteiger partial charge is 0.251 e. The first kappa shape index (κ1) is 13.3. The molecule has 0 aromatic heterocycles. The fraction of sp³-hybridized carbons (Fsp3) is 0.400. The Kier molecular flexibility index (Phi) is 4.78. The summed E-state index contributed by atoms with van der Waals surface area (Å²) in [5, 5.41) is 2.96. The van der Waals surface area contributed by atoms with E-state index >= 15 is 0 Å². The number of hydrogen-bond donors (Lipinski definition) is 1. The third kappa shape index (κ3) is 3.96. The number of rotatable bonds is 4. The maximum absolute atomic E-state index is 12.0. The average molecular weight is 229 g/mol. The molecule has 0 spiro atoms. The van der Waals surface area contributed by atoms with Gasteiger partial charge in [-0.2, -0.15) is 0 Å². The van der Waals surface area contributed by atoms with Crippen LogP contribution in [-0.4, -0.2) is 11.9 Å². The molecule has 2 heteroatoms. The average Bonchev–Trinajstić information content (AvgIpc) is 2.27. The van der Waals surface area contributed by atoms with Crippen LogP contribution in [0.2, 0.25) is 0 Å². The molecule has 0 saturated carbocycles. The Hall–Kier alpha value is -1.75. The zero-order valence-electron chi connectivity index (χ0n) is 10.7. The minimum absolute atomic E-state index is 0.0427. The van der Waals surface area contributed by atoms with Crippen LogP contribution in [0.15, 0.2) is 18.2 Å².